The Hall–Kier alpha value is -1.93. The maximum absolute atomic E-state index is 12.7. The normalized spacial score (nSPS) is 16.8. The summed E-state index contributed by atoms with van der Waals surface area (Å²) in [7, 11) is 0. The van der Waals surface area contributed by atoms with Crippen LogP contribution < -0.4 is 10.6 Å². The van der Waals surface area contributed by atoms with Gasteiger partial charge in [-0.05, 0) is 38.0 Å². The highest BCUT2D eigenvalue weighted by Crippen LogP contribution is 2.37. The van der Waals surface area contributed by atoms with Crippen LogP contribution in [0.2, 0.25) is 0 Å². The van der Waals surface area contributed by atoms with E-state index in [1.807, 2.05) is 0 Å². The molecule has 1 amide bonds. The monoisotopic (exact) mass is 340 g/mol. The Morgan fingerprint density at radius 1 is 1.04 bits per heavy atom. The lowest BCUT2D eigenvalue weighted by atomic mass is 10.1. The van der Waals surface area contributed by atoms with Gasteiger partial charge in [-0.25, -0.2) is 0 Å². The minimum atomic E-state index is -4.92. The van der Waals surface area contributed by atoms with E-state index in [1.165, 1.54) is 6.92 Å². The topological polar surface area (TPSA) is 41.1 Å². The Morgan fingerprint density at radius 2 is 1.52 bits per heavy atom. The average molecular weight is 340 g/mol. The molecule has 1 aromatic rings. The third-order valence-corrected chi connectivity index (χ3v) is 3.29. The molecule has 1 fully saturated rings. The molecule has 1 aliphatic rings. The Kier molecular flexibility index (Phi) is 4.50. The Balaban J connectivity index is 2.24. The van der Waals surface area contributed by atoms with E-state index in [1.54, 1.807) is 0 Å². The SMILES string of the molecule is C[C@@H](Nc1cc(C(F)(F)F)cc(C(F)(F)F)c1)C(=O)NC1CC1. The van der Waals surface area contributed by atoms with Gasteiger partial charge in [-0.15, -0.1) is 0 Å². The molecule has 0 heterocycles. The average Bonchev–Trinajstić information content (AvgIpc) is 3.20. The Morgan fingerprint density at radius 3 is 1.91 bits per heavy atom. The number of carbonyl (C=O) groups is 1. The van der Waals surface area contributed by atoms with Crippen molar-refractivity contribution in [2.75, 3.05) is 5.32 Å². The van der Waals surface area contributed by atoms with Crippen LogP contribution in [0.5, 0.6) is 0 Å². The van der Waals surface area contributed by atoms with Gasteiger partial charge in [0.05, 0.1) is 11.1 Å². The molecule has 0 unspecified atom stereocenters. The molecule has 0 bridgehead atoms. The van der Waals surface area contributed by atoms with Crippen molar-refractivity contribution in [2.45, 2.75) is 44.2 Å². The summed E-state index contributed by atoms with van der Waals surface area (Å²) < 4.78 is 76.4. The second-order valence-electron chi connectivity index (χ2n) is 5.44. The first-order valence-electron chi connectivity index (χ1n) is 6.83. The largest absolute Gasteiger partial charge is 0.416 e. The zero-order valence-corrected chi connectivity index (χ0v) is 12.0. The predicted octanol–water partition coefficient (Wildman–Crippen LogP) is 3.80. The molecule has 1 saturated carbocycles. The molecule has 128 valence electrons. The van der Waals surface area contributed by atoms with E-state index in [-0.39, 0.29) is 12.1 Å². The van der Waals surface area contributed by atoms with Gasteiger partial charge >= 0.3 is 12.4 Å². The van der Waals surface area contributed by atoms with Crippen molar-refractivity contribution in [3.05, 3.63) is 29.3 Å². The summed E-state index contributed by atoms with van der Waals surface area (Å²) in [6.07, 6.45) is -8.20. The van der Waals surface area contributed by atoms with Crippen molar-refractivity contribution in [2.24, 2.45) is 0 Å². The first-order valence-corrected chi connectivity index (χ1v) is 6.83. The van der Waals surface area contributed by atoms with Crippen LogP contribution in [0.15, 0.2) is 18.2 Å². The van der Waals surface area contributed by atoms with E-state index in [4.69, 9.17) is 0 Å². The molecule has 23 heavy (non-hydrogen) atoms. The second kappa shape index (κ2) is 5.93. The summed E-state index contributed by atoms with van der Waals surface area (Å²) in [5.74, 6) is -0.474. The Labute approximate surface area is 128 Å². The molecule has 9 heteroatoms. The van der Waals surface area contributed by atoms with E-state index in [0.29, 0.717) is 12.1 Å². The van der Waals surface area contributed by atoms with Gasteiger partial charge in [-0.3, -0.25) is 4.79 Å². The fourth-order valence-electron chi connectivity index (χ4n) is 1.91. The first kappa shape index (κ1) is 17.4. The summed E-state index contributed by atoms with van der Waals surface area (Å²) >= 11 is 0. The van der Waals surface area contributed by atoms with Gasteiger partial charge in [-0.2, -0.15) is 26.3 Å². The van der Waals surface area contributed by atoms with Crippen LogP contribution in [0.25, 0.3) is 0 Å². The molecule has 0 aliphatic heterocycles. The van der Waals surface area contributed by atoms with Crippen molar-refractivity contribution in [1.29, 1.82) is 0 Å². The molecule has 0 spiro atoms. The van der Waals surface area contributed by atoms with Crippen molar-refractivity contribution >= 4 is 11.6 Å². The number of halogens is 6. The molecular weight excluding hydrogens is 326 g/mol. The molecule has 2 N–H and O–H groups in total. The van der Waals surface area contributed by atoms with Gasteiger partial charge in [0.2, 0.25) is 5.91 Å². The lowest BCUT2D eigenvalue weighted by Gasteiger charge is -2.18. The predicted molar refractivity (Wildman–Crippen MR) is 70.7 cm³/mol. The van der Waals surface area contributed by atoms with Gasteiger partial charge in [0, 0.05) is 11.7 Å². The summed E-state index contributed by atoms with van der Waals surface area (Å²) in [5, 5.41) is 5.01. The summed E-state index contributed by atoms with van der Waals surface area (Å²) in [6, 6.07) is 0.228. The fraction of sp³-hybridized carbons (Fsp3) is 0.500. The van der Waals surface area contributed by atoms with Gasteiger partial charge < -0.3 is 10.6 Å². The molecule has 0 saturated heterocycles. The molecule has 1 aromatic carbocycles. The van der Waals surface area contributed by atoms with Crippen LogP contribution in [-0.4, -0.2) is 18.0 Å². The number of amides is 1. The lowest BCUT2D eigenvalue weighted by molar-refractivity contribution is -0.143. The van der Waals surface area contributed by atoms with Gasteiger partial charge in [0.25, 0.3) is 0 Å². The Bertz CT molecular complexity index is 560. The number of anilines is 1. The number of hydrogen-bond donors (Lipinski definition) is 2. The molecule has 3 nitrogen and oxygen atoms in total. The number of nitrogens with one attached hydrogen (secondary N) is 2. The number of rotatable bonds is 4. The number of alkyl halides is 6. The number of carbonyl (C=O) groups excluding carboxylic acids is 1. The highest BCUT2D eigenvalue weighted by molar-refractivity contribution is 5.84. The van der Waals surface area contributed by atoms with E-state index < -0.39 is 41.1 Å². The summed E-state index contributed by atoms with van der Waals surface area (Å²) in [6.45, 7) is 1.37. The molecule has 1 atom stereocenters. The van der Waals surface area contributed by atoms with Crippen molar-refractivity contribution < 1.29 is 31.1 Å². The minimum Gasteiger partial charge on any atom is -0.374 e. The highest BCUT2D eigenvalue weighted by Gasteiger charge is 2.37. The van der Waals surface area contributed by atoms with Crippen molar-refractivity contribution in [1.82, 2.24) is 5.32 Å². The van der Waals surface area contributed by atoms with Gasteiger partial charge in [0.15, 0.2) is 0 Å². The van der Waals surface area contributed by atoms with Gasteiger partial charge in [0.1, 0.15) is 6.04 Å². The van der Waals surface area contributed by atoms with E-state index >= 15 is 0 Å². The minimum absolute atomic E-state index is 0.0407. The fourth-order valence-corrected chi connectivity index (χ4v) is 1.91. The van der Waals surface area contributed by atoms with Gasteiger partial charge in [-0.1, -0.05) is 0 Å². The molecule has 0 radical (unpaired) electrons. The van der Waals surface area contributed by atoms with Crippen LogP contribution in [0.1, 0.15) is 30.9 Å². The zero-order chi connectivity index (χ0) is 17.4. The molecular formula is C14H14F6N2O. The lowest BCUT2D eigenvalue weighted by Crippen LogP contribution is -2.38. The van der Waals surface area contributed by atoms with Crippen LogP contribution in [0.4, 0.5) is 32.0 Å². The maximum Gasteiger partial charge on any atom is 0.416 e. The number of benzene rings is 1. The third kappa shape index (κ3) is 4.77. The summed E-state index contributed by atoms with van der Waals surface area (Å²) in [4.78, 5) is 11.7. The quantitative estimate of drug-likeness (QED) is 0.819. The van der Waals surface area contributed by atoms with E-state index in [0.717, 1.165) is 12.8 Å². The highest BCUT2D eigenvalue weighted by atomic mass is 19.4. The van der Waals surface area contributed by atoms with Crippen molar-refractivity contribution in [3.8, 4) is 0 Å². The molecule has 0 aromatic heterocycles. The standard InChI is InChI=1S/C14H14F6N2O/c1-7(12(23)22-10-2-3-10)21-11-5-8(13(15,16)17)4-9(6-11)14(18,19)20/h4-7,10,21H,2-3H2,1H3,(H,22,23)/t7-/m1/s1. The molecule has 1 aliphatic carbocycles. The van der Waals surface area contributed by atoms with Crippen LogP contribution in [-0.2, 0) is 17.1 Å². The first-order chi connectivity index (χ1) is 10.5. The second-order valence-corrected chi connectivity index (χ2v) is 5.44. The van der Waals surface area contributed by atoms with Crippen LogP contribution in [0, 0.1) is 0 Å². The van der Waals surface area contributed by atoms with Crippen LogP contribution >= 0.6 is 0 Å². The number of hydrogen-bond acceptors (Lipinski definition) is 2. The van der Waals surface area contributed by atoms with Crippen LogP contribution in [0.3, 0.4) is 0 Å². The maximum atomic E-state index is 12.7. The van der Waals surface area contributed by atoms with E-state index in [9.17, 15) is 31.1 Å². The zero-order valence-electron chi connectivity index (χ0n) is 12.0. The molecule has 2 rings (SSSR count). The van der Waals surface area contributed by atoms with Crippen molar-refractivity contribution in [3.63, 3.8) is 0 Å². The summed E-state index contributed by atoms with van der Waals surface area (Å²) in [5.41, 5.74) is -3.26. The third-order valence-electron chi connectivity index (χ3n) is 3.29. The van der Waals surface area contributed by atoms with E-state index in [2.05, 4.69) is 10.6 Å². The smallest absolute Gasteiger partial charge is 0.374 e.